The van der Waals surface area contributed by atoms with Gasteiger partial charge in [-0.2, -0.15) is 11.8 Å². The first kappa shape index (κ1) is 22.8. The van der Waals surface area contributed by atoms with E-state index >= 15 is 0 Å². The van der Waals surface area contributed by atoms with E-state index in [1.165, 1.54) is 25.0 Å². The summed E-state index contributed by atoms with van der Waals surface area (Å²) in [5.41, 5.74) is 0. The molecule has 0 heterocycles. The van der Waals surface area contributed by atoms with E-state index in [0.717, 1.165) is 44.7 Å². The maximum atomic E-state index is 11.7. The standard InChI is InChI=1S/C16H31N3O2S.HI/c1-17-16(18-11-5-6-13-22-2)19-12-7-10-15(20)21-14-8-3-4-9-14;/h14H,3-13H2,1-2H3,(H2,17,18,19);1H. The fourth-order valence-electron chi connectivity index (χ4n) is 2.49. The summed E-state index contributed by atoms with van der Waals surface area (Å²) in [4.78, 5) is 15.9. The Labute approximate surface area is 162 Å². The molecule has 0 aromatic rings. The van der Waals surface area contributed by atoms with Crippen molar-refractivity contribution in [1.29, 1.82) is 0 Å². The lowest BCUT2D eigenvalue weighted by Crippen LogP contribution is -2.38. The SMILES string of the molecule is CN=C(NCCCCSC)NCCCC(=O)OC1CCCC1.I. The van der Waals surface area contributed by atoms with Crippen LogP contribution in [0.2, 0.25) is 0 Å². The van der Waals surface area contributed by atoms with Crippen molar-refractivity contribution in [2.45, 2.75) is 57.5 Å². The molecule has 136 valence electrons. The second kappa shape index (κ2) is 15.4. The minimum atomic E-state index is -0.0614. The van der Waals surface area contributed by atoms with Gasteiger partial charge in [-0.05, 0) is 57.0 Å². The largest absolute Gasteiger partial charge is 0.462 e. The van der Waals surface area contributed by atoms with Gasteiger partial charge in [-0.3, -0.25) is 9.79 Å². The average Bonchev–Trinajstić information content (AvgIpc) is 3.02. The lowest BCUT2D eigenvalue weighted by molar-refractivity contribution is -0.148. The number of nitrogens with zero attached hydrogens (tertiary/aromatic N) is 1. The summed E-state index contributed by atoms with van der Waals surface area (Å²) in [5, 5.41) is 6.52. The van der Waals surface area contributed by atoms with Gasteiger partial charge in [0.2, 0.25) is 0 Å². The molecule has 0 atom stereocenters. The van der Waals surface area contributed by atoms with Crippen LogP contribution in [0.3, 0.4) is 0 Å². The van der Waals surface area contributed by atoms with E-state index in [0.29, 0.717) is 6.42 Å². The van der Waals surface area contributed by atoms with E-state index in [2.05, 4.69) is 21.9 Å². The van der Waals surface area contributed by atoms with E-state index in [1.54, 1.807) is 7.05 Å². The summed E-state index contributed by atoms with van der Waals surface area (Å²) in [5.74, 6) is 1.96. The van der Waals surface area contributed by atoms with Crippen LogP contribution in [-0.4, -0.2) is 50.2 Å². The minimum absolute atomic E-state index is 0. The number of guanidine groups is 1. The van der Waals surface area contributed by atoms with Crippen LogP contribution in [0.25, 0.3) is 0 Å². The van der Waals surface area contributed by atoms with Crippen molar-refractivity contribution in [3.8, 4) is 0 Å². The van der Waals surface area contributed by atoms with Crippen LogP contribution in [0.15, 0.2) is 4.99 Å². The Morgan fingerprint density at radius 1 is 1.17 bits per heavy atom. The van der Waals surface area contributed by atoms with Gasteiger partial charge < -0.3 is 15.4 Å². The van der Waals surface area contributed by atoms with Crippen molar-refractivity contribution in [1.82, 2.24) is 10.6 Å². The van der Waals surface area contributed by atoms with Gasteiger partial charge in [-0.15, -0.1) is 24.0 Å². The molecule has 0 unspecified atom stereocenters. The van der Waals surface area contributed by atoms with Crippen molar-refractivity contribution >= 4 is 47.7 Å². The van der Waals surface area contributed by atoms with Gasteiger partial charge in [0.05, 0.1) is 0 Å². The highest BCUT2D eigenvalue weighted by atomic mass is 127. The minimum Gasteiger partial charge on any atom is -0.462 e. The van der Waals surface area contributed by atoms with Crippen molar-refractivity contribution in [3.63, 3.8) is 0 Å². The zero-order valence-corrected chi connectivity index (χ0v) is 17.6. The van der Waals surface area contributed by atoms with E-state index in [4.69, 9.17) is 4.74 Å². The summed E-state index contributed by atoms with van der Waals surface area (Å²) in [6.45, 7) is 1.67. The smallest absolute Gasteiger partial charge is 0.306 e. The summed E-state index contributed by atoms with van der Waals surface area (Å²) >= 11 is 1.88. The number of carbonyl (C=O) groups excluding carboxylic acids is 1. The van der Waals surface area contributed by atoms with Crippen LogP contribution in [0.1, 0.15) is 51.4 Å². The summed E-state index contributed by atoms with van der Waals surface area (Å²) in [6, 6.07) is 0. The van der Waals surface area contributed by atoms with Crippen LogP contribution in [0, 0.1) is 0 Å². The van der Waals surface area contributed by atoms with E-state index in [-0.39, 0.29) is 36.0 Å². The average molecular weight is 457 g/mol. The quantitative estimate of drug-likeness (QED) is 0.174. The van der Waals surface area contributed by atoms with Crippen LogP contribution in [0.4, 0.5) is 0 Å². The van der Waals surface area contributed by atoms with Crippen molar-refractivity contribution in [2.75, 3.05) is 32.1 Å². The highest BCUT2D eigenvalue weighted by molar-refractivity contribution is 14.0. The molecular weight excluding hydrogens is 425 g/mol. The number of halogens is 1. The van der Waals surface area contributed by atoms with Crippen LogP contribution < -0.4 is 10.6 Å². The van der Waals surface area contributed by atoms with Crippen molar-refractivity contribution in [2.24, 2.45) is 4.99 Å². The van der Waals surface area contributed by atoms with Gasteiger partial charge in [0.1, 0.15) is 6.10 Å². The van der Waals surface area contributed by atoms with Crippen molar-refractivity contribution in [3.05, 3.63) is 0 Å². The number of nitrogens with one attached hydrogen (secondary N) is 2. The predicted octanol–water partition coefficient (Wildman–Crippen LogP) is 3.18. The maximum absolute atomic E-state index is 11.7. The Morgan fingerprint density at radius 3 is 2.43 bits per heavy atom. The molecule has 0 aliphatic heterocycles. The molecule has 0 aromatic heterocycles. The monoisotopic (exact) mass is 457 g/mol. The second-order valence-corrected chi connectivity index (χ2v) is 6.61. The lowest BCUT2D eigenvalue weighted by Gasteiger charge is -2.13. The molecule has 0 radical (unpaired) electrons. The first-order valence-electron chi connectivity index (χ1n) is 8.39. The summed E-state index contributed by atoms with van der Waals surface area (Å²) in [6.07, 6.45) is 10.4. The molecule has 0 bridgehead atoms. The number of ether oxygens (including phenoxy) is 1. The molecule has 23 heavy (non-hydrogen) atoms. The fraction of sp³-hybridized carbons (Fsp3) is 0.875. The molecule has 1 aliphatic carbocycles. The Kier molecular flexibility index (Phi) is 15.2. The highest BCUT2D eigenvalue weighted by Crippen LogP contribution is 2.21. The van der Waals surface area contributed by atoms with Gasteiger partial charge >= 0.3 is 5.97 Å². The number of unbranched alkanes of at least 4 members (excludes halogenated alkanes) is 1. The molecule has 1 fully saturated rings. The lowest BCUT2D eigenvalue weighted by atomic mass is 10.3. The molecule has 1 saturated carbocycles. The first-order chi connectivity index (χ1) is 10.8. The van der Waals surface area contributed by atoms with Gasteiger partial charge in [0, 0.05) is 26.6 Å². The van der Waals surface area contributed by atoms with Gasteiger partial charge in [-0.25, -0.2) is 0 Å². The molecule has 1 aliphatic rings. The predicted molar refractivity (Wildman–Crippen MR) is 110 cm³/mol. The number of rotatable bonds is 10. The van der Waals surface area contributed by atoms with Crippen LogP contribution in [0.5, 0.6) is 0 Å². The number of carbonyl (C=O) groups is 1. The molecule has 1 rings (SSSR count). The van der Waals surface area contributed by atoms with E-state index in [1.807, 2.05) is 11.8 Å². The fourth-order valence-corrected chi connectivity index (χ4v) is 2.98. The zero-order chi connectivity index (χ0) is 16.0. The van der Waals surface area contributed by atoms with E-state index < -0.39 is 0 Å². The first-order valence-corrected chi connectivity index (χ1v) is 9.78. The Morgan fingerprint density at radius 2 is 1.83 bits per heavy atom. The third kappa shape index (κ3) is 11.9. The van der Waals surface area contributed by atoms with Gasteiger partial charge in [0.25, 0.3) is 0 Å². The maximum Gasteiger partial charge on any atom is 0.306 e. The highest BCUT2D eigenvalue weighted by Gasteiger charge is 2.18. The third-order valence-electron chi connectivity index (χ3n) is 3.74. The molecule has 0 saturated heterocycles. The number of hydrogen-bond donors (Lipinski definition) is 2. The normalized spacial score (nSPS) is 15.1. The topological polar surface area (TPSA) is 62.7 Å². The summed E-state index contributed by atoms with van der Waals surface area (Å²) in [7, 11) is 1.77. The Hall–Kier alpha value is -0.180. The number of hydrogen-bond acceptors (Lipinski definition) is 4. The Bertz CT molecular complexity index is 337. The third-order valence-corrected chi connectivity index (χ3v) is 4.44. The zero-order valence-electron chi connectivity index (χ0n) is 14.4. The number of esters is 1. The van der Waals surface area contributed by atoms with Crippen molar-refractivity contribution < 1.29 is 9.53 Å². The van der Waals surface area contributed by atoms with Gasteiger partial charge in [0.15, 0.2) is 5.96 Å². The molecule has 0 spiro atoms. The van der Waals surface area contributed by atoms with E-state index in [9.17, 15) is 4.79 Å². The summed E-state index contributed by atoms with van der Waals surface area (Å²) < 4.78 is 5.43. The number of thioether (sulfide) groups is 1. The molecule has 0 aromatic carbocycles. The van der Waals surface area contributed by atoms with Crippen LogP contribution in [-0.2, 0) is 9.53 Å². The second-order valence-electron chi connectivity index (χ2n) is 5.63. The molecule has 0 amide bonds. The van der Waals surface area contributed by atoms with Gasteiger partial charge in [-0.1, -0.05) is 0 Å². The molecular formula is C16H32IN3O2S. The molecule has 7 heteroatoms. The Balaban J connectivity index is 0.00000484. The molecule has 2 N–H and O–H groups in total. The van der Waals surface area contributed by atoms with Crippen LogP contribution >= 0.6 is 35.7 Å². The number of aliphatic imine (C=N–C) groups is 1. The molecule has 5 nitrogen and oxygen atoms in total.